The molecule has 43 heavy (non-hydrogen) atoms. The standard InChI is InChI=1S/C38H57NO.CO2/c1-25(2)28-15-20-38(39-23-24-40)22-21-36(7)30(33(28)38)13-14-32-35(6)18-16-29(27-11-9-26(3)10-12-27)34(4,5)31(35)17-19-37(32,36)8;2-1-3/h9-12,16,28,30-33,39-40H,1,13-15,17-24H2,2-8H3;/t28-,30+,31-,32+,33+,35-,36+,37+,38-;/m0./s1. The molecule has 0 aromatic heterocycles. The van der Waals surface area contributed by atoms with E-state index in [2.05, 4.69) is 90.7 Å². The molecular formula is C39H57NO3. The van der Waals surface area contributed by atoms with Crippen molar-refractivity contribution in [3.8, 4) is 0 Å². The normalized spacial score (nSPS) is 42.5. The zero-order valence-corrected chi connectivity index (χ0v) is 28.0. The fraction of sp³-hybridized carbons (Fsp3) is 0.718. The van der Waals surface area contributed by atoms with E-state index in [9.17, 15) is 5.11 Å². The largest absolute Gasteiger partial charge is 0.395 e. The number of allylic oxidation sites excluding steroid dienone is 3. The lowest BCUT2D eigenvalue weighted by Gasteiger charge is -2.72. The number of hydrogen-bond acceptors (Lipinski definition) is 4. The van der Waals surface area contributed by atoms with Gasteiger partial charge >= 0.3 is 6.15 Å². The van der Waals surface area contributed by atoms with Crippen LogP contribution in [0.3, 0.4) is 0 Å². The average molecular weight is 588 g/mol. The second kappa shape index (κ2) is 11.4. The van der Waals surface area contributed by atoms with E-state index in [1.807, 2.05) is 0 Å². The minimum atomic E-state index is 0.188. The van der Waals surface area contributed by atoms with Gasteiger partial charge in [-0.3, -0.25) is 0 Å². The summed E-state index contributed by atoms with van der Waals surface area (Å²) in [5.74, 6) is 3.53. The Morgan fingerprint density at radius 2 is 1.60 bits per heavy atom. The van der Waals surface area contributed by atoms with Gasteiger partial charge in [0.15, 0.2) is 0 Å². The third-order valence-corrected chi connectivity index (χ3v) is 14.6. The molecular weight excluding hydrogens is 530 g/mol. The number of benzene rings is 1. The fourth-order valence-corrected chi connectivity index (χ4v) is 12.6. The highest BCUT2D eigenvalue weighted by Crippen LogP contribution is 2.76. The van der Waals surface area contributed by atoms with Crippen LogP contribution in [0.4, 0.5) is 0 Å². The highest BCUT2D eigenvalue weighted by Gasteiger charge is 2.70. The first-order chi connectivity index (χ1) is 20.3. The Kier molecular flexibility index (Phi) is 8.60. The molecule has 1 aromatic carbocycles. The number of rotatable bonds is 5. The van der Waals surface area contributed by atoms with Crippen molar-refractivity contribution in [1.29, 1.82) is 0 Å². The summed E-state index contributed by atoms with van der Waals surface area (Å²) >= 11 is 0. The minimum Gasteiger partial charge on any atom is -0.395 e. The Hall–Kier alpha value is -2.00. The van der Waals surface area contributed by atoms with E-state index in [-0.39, 0.29) is 23.7 Å². The first-order valence-corrected chi connectivity index (χ1v) is 17.0. The molecule has 6 rings (SSSR count). The summed E-state index contributed by atoms with van der Waals surface area (Å²) in [5.41, 5.74) is 7.24. The third-order valence-electron chi connectivity index (χ3n) is 14.6. The number of fused-ring (bicyclic) bond motifs is 7. The SMILES string of the molecule is C=C(C)[C@@H]1CC[C@]2(NCCO)CC[C@]3(C)[C@H](CC[C@@H]4[C@@]5(C)CC=C(c6ccc(C)cc6)C(C)(C)[C@@H]5CC[C@]43C)[C@@H]12.O=C=O. The molecule has 4 saturated carbocycles. The molecule has 9 atom stereocenters. The third kappa shape index (κ3) is 4.77. The quantitative estimate of drug-likeness (QED) is 0.340. The molecule has 4 nitrogen and oxygen atoms in total. The fourth-order valence-electron chi connectivity index (χ4n) is 12.6. The maximum absolute atomic E-state index is 9.77. The van der Waals surface area contributed by atoms with E-state index in [1.54, 1.807) is 5.57 Å². The second-order valence-electron chi connectivity index (χ2n) is 16.5. The molecule has 0 radical (unpaired) electrons. The molecule has 0 spiro atoms. The minimum absolute atomic E-state index is 0.188. The Balaban J connectivity index is 0.00000118. The van der Waals surface area contributed by atoms with Gasteiger partial charge in [0, 0.05) is 12.1 Å². The van der Waals surface area contributed by atoms with Gasteiger partial charge in [-0.05, 0) is 134 Å². The van der Waals surface area contributed by atoms with E-state index in [0.717, 1.165) is 24.3 Å². The summed E-state index contributed by atoms with van der Waals surface area (Å²) < 4.78 is 0. The molecule has 0 amide bonds. The van der Waals surface area contributed by atoms with Crippen LogP contribution in [-0.4, -0.2) is 29.9 Å². The van der Waals surface area contributed by atoms with E-state index in [0.29, 0.717) is 28.1 Å². The lowest BCUT2D eigenvalue weighted by Crippen LogP contribution is -2.68. The highest BCUT2D eigenvalue weighted by atomic mass is 16.3. The van der Waals surface area contributed by atoms with Crippen molar-refractivity contribution in [3.63, 3.8) is 0 Å². The molecule has 0 aliphatic heterocycles. The first kappa shape index (κ1) is 32.4. The summed E-state index contributed by atoms with van der Waals surface area (Å²) in [5, 5.41) is 13.7. The number of aliphatic hydroxyl groups is 1. The number of aliphatic hydroxyl groups excluding tert-OH is 1. The number of carbonyl (C=O) groups excluding carboxylic acids is 2. The van der Waals surface area contributed by atoms with Crippen molar-refractivity contribution in [2.24, 2.45) is 51.2 Å². The molecule has 0 heterocycles. The first-order valence-electron chi connectivity index (χ1n) is 17.0. The summed E-state index contributed by atoms with van der Waals surface area (Å²) in [7, 11) is 0. The van der Waals surface area contributed by atoms with Gasteiger partial charge in [-0.1, -0.05) is 82.7 Å². The summed E-state index contributed by atoms with van der Waals surface area (Å²) in [6, 6.07) is 9.31. The van der Waals surface area contributed by atoms with Crippen LogP contribution in [0.5, 0.6) is 0 Å². The van der Waals surface area contributed by atoms with Gasteiger partial charge in [0.2, 0.25) is 0 Å². The van der Waals surface area contributed by atoms with Crippen molar-refractivity contribution in [3.05, 3.63) is 53.6 Å². The van der Waals surface area contributed by atoms with Crippen LogP contribution < -0.4 is 5.32 Å². The molecule has 0 unspecified atom stereocenters. The van der Waals surface area contributed by atoms with E-state index in [1.165, 1.54) is 74.5 Å². The highest BCUT2D eigenvalue weighted by molar-refractivity contribution is 5.71. The van der Waals surface area contributed by atoms with Crippen LogP contribution >= 0.6 is 0 Å². The average Bonchev–Trinajstić information content (AvgIpc) is 3.33. The predicted octanol–water partition coefficient (Wildman–Crippen LogP) is 8.40. The van der Waals surface area contributed by atoms with Crippen LogP contribution in [0.1, 0.15) is 110 Å². The lowest BCUT2D eigenvalue weighted by atomic mass is 9.33. The Morgan fingerprint density at radius 1 is 0.930 bits per heavy atom. The van der Waals surface area contributed by atoms with Crippen molar-refractivity contribution >= 4 is 11.7 Å². The van der Waals surface area contributed by atoms with E-state index < -0.39 is 0 Å². The number of nitrogens with one attached hydrogen (secondary N) is 1. The maximum Gasteiger partial charge on any atom is 0.373 e. The van der Waals surface area contributed by atoms with Crippen molar-refractivity contribution < 1.29 is 14.7 Å². The van der Waals surface area contributed by atoms with Gasteiger partial charge in [0.25, 0.3) is 0 Å². The summed E-state index contributed by atoms with van der Waals surface area (Å²) in [6.45, 7) is 23.3. The Bertz CT molecular complexity index is 1270. The van der Waals surface area contributed by atoms with Crippen LogP contribution in [0.25, 0.3) is 5.57 Å². The van der Waals surface area contributed by atoms with E-state index >= 15 is 0 Å². The molecule has 0 saturated heterocycles. The van der Waals surface area contributed by atoms with Crippen LogP contribution in [0.15, 0.2) is 42.5 Å². The molecule has 236 valence electrons. The van der Waals surface area contributed by atoms with Crippen molar-refractivity contribution in [2.75, 3.05) is 13.2 Å². The van der Waals surface area contributed by atoms with Crippen molar-refractivity contribution in [1.82, 2.24) is 5.32 Å². The van der Waals surface area contributed by atoms with Gasteiger partial charge in [0.1, 0.15) is 0 Å². The van der Waals surface area contributed by atoms with Gasteiger partial charge in [0.05, 0.1) is 6.61 Å². The Morgan fingerprint density at radius 3 is 2.23 bits per heavy atom. The molecule has 4 heteroatoms. The zero-order chi connectivity index (χ0) is 31.4. The summed E-state index contributed by atoms with van der Waals surface area (Å²) in [6.07, 6.45) is 14.7. The van der Waals surface area contributed by atoms with Crippen molar-refractivity contribution in [2.45, 2.75) is 112 Å². The second-order valence-corrected chi connectivity index (χ2v) is 16.5. The van der Waals surface area contributed by atoms with E-state index in [4.69, 9.17) is 9.59 Å². The van der Waals surface area contributed by atoms with Gasteiger partial charge in [-0.25, -0.2) is 0 Å². The monoisotopic (exact) mass is 587 g/mol. The molecule has 0 bridgehead atoms. The van der Waals surface area contributed by atoms with Gasteiger partial charge in [-0.2, -0.15) is 9.59 Å². The Labute approximate surface area is 261 Å². The maximum atomic E-state index is 9.77. The van der Waals surface area contributed by atoms with Gasteiger partial charge < -0.3 is 10.4 Å². The smallest absolute Gasteiger partial charge is 0.373 e. The topological polar surface area (TPSA) is 66.4 Å². The molecule has 5 aliphatic carbocycles. The zero-order valence-electron chi connectivity index (χ0n) is 28.0. The van der Waals surface area contributed by atoms with Crippen LogP contribution in [0, 0.1) is 58.2 Å². The van der Waals surface area contributed by atoms with Crippen LogP contribution in [-0.2, 0) is 9.59 Å². The predicted molar refractivity (Wildman–Crippen MR) is 174 cm³/mol. The molecule has 4 fully saturated rings. The van der Waals surface area contributed by atoms with Gasteiger partial charge in [-0.15, -0.1) is 0 Å². The summed E-state index contributed by atoms with van der Waals surface area (Å²) in [4.78, 5) is 16.2. The molecule has 1 aromatic rings. The lowest BCUT2D eigenvalue weighted by molar-refractivity contribution is -0.219. The number of β-amino-alcohol motifs (C(OH)–C–C–N with tert-alkyl or cyclic N) is 1. The number of aryl methyl sites for hydroxylation is 1. The van der Waals surface area contributed by atoms with Crippen LogP contribution in [0.2, 0.25) is 0 Å². The number of hydrogen-bond donors (Lipinski definition) is 2. The molecule has 5 aliphatic rings. The molecule has 2 N–H and O–H groups in total.